The van der Waals surface area contributed by atoms with Crippen LogP contribution in [0, 0.1) is 6.92 Å². The first-order valence-electron chi connectivity index (χ1n) is 8.43. The summed E-state index contributed by atoms with van der Waals surface area (Å²) in [6, 6.07) is 13.4. The smallest absolute Gasteiger partial charge is 0.263 e. The first kappa shape index (κ1) is 21.6. The number of anilines is 2. The van der Waals surface area contributed by atoms with Gasteiger partial charge in [0.1, 0.15) is 5.01 Å². The average molecular weight is 469 g/mol. The molecule has 152 valence electrons. The zero-order chi connectivity index (χ0) is 20.9. The molecule has 0 aliphatic rings. The van der Waals surface area contributed by atoms with Crippen molar-refractivity contribution in [2.24, 2.45) is 0 Å². The SMILES string of the molecule is Cc1nnc(NS(=O)(=O)c2ccc(NC(=O)CCSc3ccc(Cl)cc3)cc2)s1. The van der Waals surface area contributed by atoms with Crippen LogP contribution in [0.5, 0.6) is 0 Å². The topological polar surface area (TPSA) is 101 Å². The van der Waals surface area contributed by atoms with Crippen LogP contribution in [-0.2, 0) is 14.8 Å². The van der Waals surface area contributed by atoms with E-state index in [-0.39, 0.29) is 15.9 Å². The second-order valence-electron chi connectivity index (χ2n) is 5.86. The van der Waals surface area contributed by atoms with E-state index in [2.05, 4.69) is 20.2 Å². The lowest BCUT2D eigenvalue weighted by atomic mass is 10.3. The van der Waals surface area contributed by atoms with Crippen molar-refractivity contribution in [1.29, 1.82) is 0 Å². The Labute approximate surface area is 182 Å². The normalized spacial score (nSPS) is 11.2. The monoisotopic (exact) mass is 468 g/mol. The molecule has 2 aromatic carbocycles. The Kier molecular flexibility index (Phi) is 7.12. The van der Waals surface area contributed by atoms with Gasteiger partial charge in [-0.3, -0.25) is 9.52 Å². The van der Waals surface area contributed by atoms with E-state index in [0.29, 0.717) is 27.9 Å². The van der Waals surface area contributed by atoms with Gasteiger partial charge in [-0.15, -0.1) is 22.0 Å². The number of thioether (sulfide) groups is 1. The summed E-state index contributed by atoms with van der Waals surface area (Å²) in [5.41, 5.74) is 0.525. The maximum absolute atomic E-state index is 12.4. The van der Waals surface area contributed by atoms with Crippen molar-refractivity contribution in [3.8, 4) is 0 Å². The minimum atomic E-state index is -3.76. The van der Waals surface area contributed by atoms with E-state index in [4.69, 9.17) is 11.6 Å². The number of hydrogen-bond donors (Lipinski definition) is 2. The summed E-state index contributed by atoms with van der Waals surface area (Å²) in [6.45, 7) is 1.74. The molecule has 0 aliphatic heterocycles. The fraction of sp³-hybridized carbons (Fsp3) is 0.167. The molecule has 0 bridgehead atoms. The second kappa shape index (κ2) is 9.57. The lowest BCUT2D eigenvalue weighted by Crippen LogP contribution is -2.14. The molecule has 1 aromatic heterocycles. The molecule has 7 nitrogen and oxygen atoms in total. The molecule has 0 atom stereocenters. The summed E-state index contributed by atoms with van der Waals surface area (Å²) in [6.07, 6.45) is 0.325. The largest absolute Gasteiger partial charge is 0.326 e. The van der Waals surface area contributed by atoms with Crippen molar-refractivity contribution < 1.29 is 13.2 Å². The maximum atomic E-state index is 12.4. The first-order chi connectivity index (χ1) is 13.8. The standard InChI is InChI=1S/C18H17ClN4O3S3/c1-12-21-22-18(28-12)23-29(25,26)16-8-4-14(5-9-16)20-17(24)10-11-27-15-6-2-13(19)3-7-15/h2-9H,10-11H2,1H3,(H,20,24)(H,22,23). The van der Waals surface area contributed by atoms with Gasteiger partial charge < -0.3 is 5.32 Å². The summed E-state index contributed by atoms with van der Waals surface area (Å²) in [7, 11) is -3.76. The molecule has 0 fully saturated rings. The van der Waals surface area contributed by atoms with Gasteiger partial charge in [0.05, 0.1) is 4.90 Å². The van der Waals surface area contributed by atoms with Gasteiger partial charge in [0, 0.05) is 27.8 Å². The number of benzene rings is 2. The first-order valence-corrected chi connectivity index (χ1v) is 12.1. The van der Waals surface area contributed by atoms with Gasteiger partial charge in [-0.1, -0.05) is 22.9 Å². The predicted molar refractivity (Wildman–Crippen MR) is 117 cm³/mol. The third kappa shape index (κ3) is 6.43. The van der Waals surface area contributed by atoms with Gasteiger partial charge in [0.15, 0.2) is 0 Å². The molecule has 0 aliphatic carbocycles. The van der Waals surface area contributed by atoms with Crippen molar-refractivity contribution in [2.75, 3.05) is 15.8 Å². The number of carbonyl (C=O) groups is 1. The zero-order valence-corrected chi connectivity index (χ0v) is 18.5. The van der Waals surface area contributed by atoms with Crippen LogP contribution in [0.15, 0.2) is 58.3 Å². The number of amides is 1. The number of nitrogens with one attached hydrogen (secondary N) is 2. The summed E-state index contributed by atoms with van der Waals surface area (Å²) >= 11 is 8.56. The molecule has 0 saturated heterocycles. The van der Waals surface area contributed by atoms with E-state index < -0.39 is 10.0 Å². The molecule has 11 heteroatoms. The number of carbonyl (C=O) groups excluding carboxylic acids is 1. The Hall–Kier alpha value is -2.14. The lowest BCUT2D eigenvalue weighted by Gasteiger charge is -2.08. The molecule has 3 rings (SSSR count). The zero-order valence-electron chi connectivity index (χ0n) is 15.3. The minimum Gasteiger partial charge on any atom is -0.326 e. The van der Waals surface area contributed by atoms with Gasteiger partial charge in [-0.2, -0.15) is 0 Å². The average Bonchev–Trinajstić information content (AvgIpc) is 3.08. The van der Waals surface area contributed by atoms with Gasteiger partial charge in [0.25, 0.3) is 10.0 Å². The van der Waals surface area contributed by atoms with Crippen LogP contribution in [0.3, 0.4) is 0 Å². The Balaban J connectivity index is 1.51. The number of sulfonamides is 1. The predicted octanol–water partition coefficient (Wildman–Crippen LogP) is 4.42. The number of nitrogens with zero attached hydrogens (tertiary/aromatic N) is 2. The van der Waals surface area contributed by atoms with Crippen LogP contribution in [-0.4, -0.2) is 30.3 Å². The summed E-state index contributed by atoms with van der Waals surface area (Å²) in [4.78, 5) is 13.2. The van der Waals surface area contributed by atoms with Gasteiger partial charge in [-0.25, -0.2) is 8.42 Å². The highest BCUT2D eigenvalue weighted by Crippen LogP contribution is 2.22. The van der Waals surface area contributed by atoms with Crippen molar-refractivity contribution in [1.82, 2.24) is 10.2 Å². The van der Waals surface area contributed by atoms with Crippen LogP contribution in [0.2, 0.25) is 5.02 Å². The van der Waals surface area contributed by atoms with Crippen LogP contribution >= 0.6 is 34.7 Å². The molecule has 0 saturated carbocycles. The van der Waals surface area contributed by atoms with Crippen molar-refractivity contribution in [3.05, 3.63) is 58.6 Å². The minimum absolute atomic E-state index is 0.0710. The van der Waals surface area contributed by atoms with E-state index in [9.17, 15) is 13.2 Å². The fourth-order valence-electron chi connectivity index (χ4n) is 2.24. The third-order valence-electron chi connectivity index (χ3n) is 3.61. The Morgan fingerprint density at radius 3 is 2.41 bits per heavy atom. The number of halogens is 1. The summed E-state index contributed by atoms with van der Waals surface area (Å²) < 4.78 is 27.1. The van der Waals surface area contributed by atoms with Crippen molar-refractivity contribution >= 4 is 61.4 Å². The number of aryl methyl sites for hydroxylation is 1. The van der Waals surface area contributed by atoms with Gasteiger partial charge in [0.2, 0.25) is 11.0 Å². The molecule has 29 heavy (non-hydrogen) atoms. The van der Waals surface area contributed by atoms with Crippen LogP contribution in [0.25, 0.3) is 0 Å². The highest BCUT2D eigenvalue weighted by atomic mass is 35.5. The quantitative estimate of drug-likeness (QED) is 0.474. The van der Waals surface area contributed by atoms with Crippen molar-refractivity contribution in [2.45, 2.75) is 23.1 Å². The summed E-state index contributed by atoms with van der Waals surface area (Å²) in [5.74, 6) is 0.468. The Morgan fingerprint density at radius 2 is 1.79 bits per heavy atom. The fourth-order valence-corrected chi connectivity index (χ4v) is 5.04. The van der Waals surface area contributed by atoms with E-state index in [0.717, 1.165) is 16.2 Å². The van der Waals surface area contributed by atoms with Gasteiger partial charge >= 0.3 is 0 Å². The Bertz CT molecular complexity index is 1080. The Morgan fingerprint density at radius 1 is 1.10 bits per heavy atom. The van der Waals surface area contributed by atoms with E-state index in [1.165, 1.54) is 12.1 Å². The molecule has 2 N–H and O–H groups in total. The third-order valence-corrected chi connectivity index (χ3v) is 7.11. The molecular formula is C18H17ClN4O3S3. The van der Waals surface area contributed by atoms with Crippen LogP contribution in [0.1, 0.15) is 11.4 Å². The summed E-state index contributed by atoms with van der Waals surface area (Å²) in [5, 5.41) is 11.8. The second-order valence-corrected chi connectivity index (χ2v) is 10.3. The molecular weight excluding hydrogens is 452 g/mol. The number of hydrogen-bond acceptors (Lipinski definition) is 7. The number of rotatable bonds is 8. The van der Waals surface area contributed by atoms with E-state index in [1.807, 2.05) is 12.1 Å². The lowest BCUT2D eigenvalue weighted by molar-refractivity contribution is -0.115. The maximum Gasteiger partial charge on any atom is 0.263 e. The van der Waals surface area contributed by atoms with Crippen molar-refractivity contribution in [3.63, 3.8) is 0 Å². The van der Waals surface area contributed by atoms with Crippen LogP contribution in [0.4, 0.5) is 10.8 Å². The highest BCUT2D eigenvalue weighted by molar-refractivity contribution is 7.99. The molecule has 0 unspecified atom stereocenters. The molecule has 1 amide bonds. The van der Waals surface area contributed by atoms with E-state index >= 15 is 0 Å². The molecule has 3 aromatic rings. The van der Waals surface area contributed by atoms with Gasteiger partial charge in [-0.05, 0) is 55.5 Å². The molecule has 1 heterocycles. The van der Waals surface area contributed by atoms with Crippen LogP contribution < -0.4 is 10.0 Å². The van der Waals surface area contributed by atoms with E-state index in [1.54, 1.807) is 43.0 Å². The number of aromatic nitrogens is 2. The highest BCUT2D eigenvalue weighted by Gasteiger charge is 2.16. The molecule has 0 radical (unpaired) electrons. The molecule has 0 spiro atoms.